The van der Waals surface area contributed by atoms with Crippen molar-refractivity contribution in [1.82, 2.24) is 0 Å². The van der Waals surface area contributed by atoms with Crippen LogP contribution in [0.15, 0.2) is 12.1 Å². The Balaban J connectivity index is 2.15. The van der Waals surface area contributed by atoms with Crippen molar-refractivity contribution in [2.24, 2.45) is 0 Å². The molecule has 0 spiro atoms. The highest BCUT2D eigenvalue weighted by atomic mass is 19.1. The van der Waals surface area contributed by atoms with E-state index >= 15 is 0 Å². The highest BCUT2D eigenvalue weighted by Crippen LogP contribution is 2.29. The molecule has 0 fully saturated rings. The van der Waals surface area contributed by atoms with E-state index in [9.17, 15) is 14.3 Å². The minimum Gasteiger partial charge on any atom is -0.394 e. The third-order valence-electron chi connectivity index (χ3n) is 2.81. The number of carbonyl (C=O) groups excluding carboxylic acids is 1. The Morgan fingerprint density at radius 1 is 1.44 bits per heavy atom. The summed E-state index contributed by atoms with van der Waals surface area (Å²) in [6, 6.07) is 3.00. The molecule has 1 aliphatic heterocycles. The molecule has 0 bridgehead atoms. The number of benzene rings is 1. The maximum absolute atomic E-state index is 13.7. The molecule has 1 aliphatic rings. The fraction of sp³-hybridized carbons (Fsp3) is 0.417. The molecular formula is C12H15FN2O3. The van der Waals surface area contributed by atoms with Gasteiger partial charge in [-0.1, -0.05) is 0 Å². The largest absolute Gasteiger partial charge is 0.394 e. The minimum atomic E-state index is -0.885. The number of halogens is 1. The summed E-state index contributed by atoms with van der Waals surface area (Å²) in [5, 5.41) is 23.2. The molecule has 6 heteroatoms. The second-order valence-corrected chi connectivity index (χ2v) is 4.26. The lowest BCUT2D eigenvalue weighted by atomic mass is 10.0. The van der Waals surface area contributed by atoms with Gasteiger partial charge >= 0.3 is 0 Å². The summed E-state index contributed by atoms with van der Waals surface area (Å²) in [5.41, 5.74) is 1.49. The van der Waals surface area contributed by atoms with Crippen LogP contribution in [-0.4, -0.2) is 35.4 Å². The molecule has 0 radical (unpaired) electrons. The Labute approximate surface area is 104 Å². The van der Waals surface area contributed by atoms with E-state index in [4.69, 9.17) is 5.11 Å². The van der Waals surface area contributed by atoms with E-state index in [0.717, 1.165) is 5.56 Å². The summed E-state index contributed by atoms with van der Waals surface area (Å²) in [7, 11) is 0. The number of fused-ring (bicyclic) bond motifs is 1. The smallest absolute Gasteiger partial charge is 0.224 e. The van der Waals surface area contributed by atoms with Crippen LogP contribution in [0.1, 0.15) is 12.0 Å². The first-order valence-corrected chi connectivity index (χ1v) is 5.75. The Morgan fingerprint density at radius 3 is 2.94 bits per heavy atom. The highest BCUT2D eigenvalue weighted by Gasteiger charge is 2.19. The number of hydrogen-bond donors (Lipinski definition) is 4. The van der Waals surface area contributed by atoms with E-state index in [1.165, 1.54) is 6.07 Å². The predicted molar refractivity (Wildman–Crippen MR) is 64.9 cm³/mol. The van der Waals surface area contributed by atoms with Crippen molar-refractivity contribution in [3.63, 3.8) is 0 Å². The quantitative estimate of drug-likeness (QED) is 0.630. The molecule has 0 saturated carbocycles. The molecule has 0 aliphatic carbocycles. The van der Waals surface area contributed by atoms with Crippen LogP contribution in [0.2, 0.25) is 0 Å². The highest BCUT2D eigenvalue weighted by molar-refractivity contribution is 5.94. The first-order valence-electron chi connectivity index (χ1n) is 5.75. The second kappa shape index (κ2) is 5.32. The molecule has 1 heterocycles. The van der Waals surface area contributed by atoms with Gasteiger partial charge in [0.05, 0.1) is 18.4 Å². The molecule has 1 atom stereocenters. The SMILES string of the molecule is O=C1CCc2cc(NCC(O)CO)cc(F)c2N1. The fourth-order valence-corrected chi connectivity index (χ4v) is 1.85. The summed E-state index contributed by atoms with van der Waals surface area (Å²) in [6.07, 6.45) is -0.0468. The number of aliphatic hydroxyl groups is 2. The summed E-state index contributed by atoms with van der Waals surface area (Å²) in [5.74, 6) is -0.681. The number of nitrogens with one attached hydrogen (secondary N) is 2. The van der Waals surface area contributed by atoms with Crippen molar-refractivity contribution < 1.29 is 19.4 Å². The Kier molecular flexibility index (Phi) is 3.78. The predicted octanol–water partition coefficient (Wildman–Crippen LogP) is 0.475. The van der Waals surface area contributed by atoms with Gasteiger partial charge in [-0.05, 0) is 24.1 Å². The monoisotopic (exact) mass is 254 g/mol. The fourth-order valence-electron chi connectivity index (χ4n) is 1.85. The summed E-state index contributed by atoms with van der Waals surface area (Å²) >= 11 is 0. The molecule has 5 nitrogen and oxygen atoms in total. The zero-order valence-electron chi connectivity index (χ0n) is 9.74. The number of amides is 1. The van der Waals surface area contributed by atoms with Gasteiger partial charge in [0.15, 0.2) is 0 Å². The summed E-state index contributed by atoms with van der Waals surface area (Å²) in [6.45, 7) is -0.211. The third-order valence-corrected chi connectivity index (χ3v) is 2.81. The lowest BCUT2D eigenvalue weighted by Crippen LogP contribution is -2.24. The van der Waals surface area contributed by atoms with Crippen LogP contribution in [0.3, 0.4) is 0 Å². The number of anilines is 2. The van der Waals surface area contributed by atoms with E-state index in [0.29, 0.717) is 18.5 Å². The van der Waals surface area contributed by atoms with E-state index in [2.05, 4.69) is 10.6 Å². The van der Waals surface area contributed by atoms with Crippen LogP contribution in [0.5, 0.6) is 0 Å². The summed E-state index contributed by atoms with van der Waals surface area (Å²) < 4.78 is 13.7. The molecule has 98 valence electrons. The Morgan fingerprint density at radius 2 is 2.22 bits per heavy atom. The zero-order valence-corrected chi connectivity index (χ0v) is 9.74. The maximum Gasteiger partial charge on any atom is 0.224 e. The normalized spacial score (nSPS) is 15.8. The van der Waals surface area contributed by atoms with E-state index in [-0.39, 0.29) is 24.7 Å². The minimum absolute atomic E-state index is 0.140. The standard InChI is InChI=1S/C12H15FN2O3/c13-10-4-8(14-5-9(17)6-16)3-7-1-2-11(18)15-12(7)10/h3-4,9,14,16-17H,1-2,5-6H2,(H,15,18). The van der Waals surface area contributed by atoms with E-state index in [1.807, 2.05) is 0 Å². The molecule has 18 heavy (non-hydrogen) atoms. The molecule has 0 aromatic heterocycles. The van der Waals surface area contributed by atoms with Crippen molar-refractivity contribution in [3.05, 3.63) is 23.5 Å². The number of hydrogen-bond acceptors (Lipinski definition) is 4. The molecule has 1 aromatic carbocycles. The second-order valence-electron chi connectivity index (χ2n) is 4.26. The number of rotatable bonds is 4. The van der Waals surface area contributed by atoms with Crippen LogP contribution in [0, 0.1) is 5.82 Å². The van der Waals surface area contributed by atoms with Crippen molar-refractivity contribution in [3.8, 4) is 0 Å². The lowest BCUT2D eigenvalue weighted by Gasteiger charge is -2.19. The summed E-state index contributed by atoms with van der Waals surface area (Å²) in [4.78, 5) is 11.2. The average Bonchev–Trinajstić information content (AvgIpc) is 2.37. The molecule has 1 aromatic rings. The first kappa shape index (κ1) is 12.8. The lowest BCUT2D eigenvalue weighted by molar-refractivity contribution is -0.116. The van der Waals surface area contributed by atoms with Gasteiger partial charge in [-0.3, -0.25) is 4.79 Å². The molecule has 1 amide bonds. The van der Waals surface area contributed by atoms with Gasteiger partial charge < -0.3 is 20.8 Å². The molecular weight excluding hydrogens is 239 g/mol. The van der Waals surface area contributed by atoms with Crippen LogP contribution in [-0.2, 0) is 11.2 Å². The van der Waals surface area contributed by atoms with Crippen molar-refractivity contribution >= 4 is 17.3 Å². The van der Waals surface area contributed by atoms with Crippen molar-refractivity contribution in [1.29, 1.82) is 0 Å². The van der Waals surface area contributed by atoms with E-state index < -0.39 is 11.9 Å². The average molecular weight is 254 g/mol. The van der Waals surface area contributed by atoms with Crippen LogP contribution in [0.4, 0.5) is 15.8 Å². The van der Waals surface area contributed by atoms with Crippen molar-refractivity contribution in [2.45, 2.75) is 18.9 Å². The molecule has 4 N–H and O–H groups in total. The van der Waals surface area contributed by atoms with Gasteiger partial charge in [0.25, 0.3) is 0 Å². The van der Waals surface area contributed by atoms with Crippen molar-refractivity contribution in [2.75, 3.05) is 23.8 Å². The zero-order chi connectivity index (χ0) is 13.1. The van der Waals surface area contributed by atoms with Gasteiger partial charge in [-0.25, -0.2) is 4.39 Å². The number of carbonyl (C=O) groups is 1. The Hall–Kier alpha value is -1.66. The van der Waals surface area contributed by atoms with Crippen LogP contribution in [0.25, 0.3) is 0 Å². The first-order chi connectivity index (χ1) is 8.60. The van der Waals surface area contributed by atoms with Gasteiger partial charge in [0.2, 0.25) is 5.91 Å². The molecule has 2 rings (SSSR count). The third kappa shape index (κ3) is 2.77. The number of aryl methyl sites for hydroxylation is 1. The maximum atomic E-state index is 13.7. The Bertz CT molecular complexity index is 465. The van der Waals surface area contributed by atoms with Gasteiger partial charge in [-0.15, -0.1) is 0 Å². The van der Waals surface area contributed by atoms with Gasteiger partial charge in [-0.2, -0.15) is 0 Å². The van der Waals surface area contributed by atoms with Gasteiger partial charge in [0, 0.05) is 18.7 Å². The molecule has 0 saturated heterocycles. The van der Waals surface area contributed by atoms with E-state index in [1.54, 1.807) is 6.07 Å². The topological polar surface area (TPSA) is 81.6 Å². The number of aliphatic hydroxyl groups excluding tert-OH is 2. The van der Waals surface area contributed by atoms with Gasteiger partial charge in [0.1, 0.15) is 5.82 Å². The molecule has 1 unspecified atom stereocenters. The van der Waals surface area contributed by atoms with Crippen LogP contribution < -0.4 is 10.6 Å². The van der Waals surface area contributed by atoms with Crippen LogP contribution >= 0.6 is 0 Å².